The van der Waals surface area contributed by atoms with Crippen LogP contribution in [0.2, 0.25) is 0 Å². The number of hydrogen-bond donors (Lipinski definition) is 3. The Balaban J connectivity index is 1.22. The molecule has 1 spiro atoms. The first-order valence-electron chi connectivity index (χ1n) is 10.3. The molecule has 2 saturated heterocycles. The maximum atomic E-state index is 12.9. The first-order valence-corrected chi connectivity index (χ1v) is 10.3. The molecule has 0 aromatic heterocycles. The van der Waals surface area contributed by atoms with Crippen LogP contribution in [0.1, 0.15) is 60.0 Å². The number of rotatable bonds is 4. The van der Waals surface area contributed by atoms with Gasteiger partial charge in [0.2, 0.25) is 11.8 Å². The summed E-state index contributed by atoms with van der Waals surface area (Å²) in [4.78, 5) is 38.0. The van der Waals surface area contributed by atoms with Crippen LogP contribution in [-0.4, -0.2) is 46.8 Å². The molecule has 0 radical (unpaired) electrons. The molecule has 2 atom stereocenters. The highest BCUT2D eigenvalue weighted by Gasteiger charge is 2.44. The van der Waals surface area contributed by atoms with Crippen LogP contribution in [-0.2, 0) is 22.7 Å². The van der Waals surface area contributed by atoms with Crippen molar-refractivity contribution in [2.45, 2.75) is 69.2 Å². The molecular formula is C21H26N4O3. The zero-order valence-electron chi connectivity index (χ0n) is 15.9. The van der Waals surface area contributed by atoms with Crippen molar-refractivity contribution < 1.29 is 14.4 Å². The Morgan fingerprint density at radius 1 is 1.14 bits per heavy atom. The predicted octanol–water partition coefficient (Wildman–Crippen LogP) is 0.822. The lowest BCUT2D eigenvalue weighted by Crippen LogP contribution is -2.52. The molecule has 4 aliphatic rings. The van der Waals surface area contributed by atoms with E-state index < -0.39 is 6.04 Å². The number of nitrogens with one attached hydrogen (secondary N) is 3. The first kappa shape index (κ1) is 17.8. The summed E-state index contributed by atoms with van der Waals surface area (Å²) < 4.78 is 0. The summed E-state index contributed by atoms with van der Waals surface area (Å²) in [6, 6.07) is 5.92. The number of amides is 3. The van der Waals surface area contributed by atoms with Gasteiger partial charge in [-0.15, -0.1) is 0 Å². The molecule has 3 fully saturated rings. The number of imide groups is 1. The fourth-order valence-electron chi connectivity index (χ4n) is 4.71. The third-order valence-electron chi connectivity index (χ3n) is 6.74. The van der Waals surface area contributed by atoms with Crippen LogP contribution in [0.3, 0.4) is 0 Å². The van der Waals surface area contributed by atoms with Crippen molar-refractivity contribution in [1.82, 2.24) is 20.9 Å². The minimum Gasteiger partial charge on any atom is -0.322 e. The molecule has 5 rings (SSSR count). The molecule has 1 saturated carbocycles. The van der Waals surface area contributed by atoms with Crippen molar-refractivity contribution in [3.8, 4) is 0 Å². The summed E-state index contributed by atoms with van der Waals surface area (Å²) in [6.07, 6.45) is 5.75. The molecule has 7 nitrogen and oxygen atoms in total. The Bertz CT molecular complexity index is 838. The van der Waals surface area contributed by atoms with Crippen LogP contribution in [0.5, 0.6) is 0 Å². The number of nitrogens with zero attached hydrogens (tertiary/aromatic N) is 1. The standard InChI is InChI=1S/C21H26N4O3/c26-18-4-3-17(19(27)24-18)25-12-14-2-1-13(9-16(14)20(25)28)10-22-15-5-6-21(7-8-21)23-11-15/h1-2,9,15,17,22-23H,3-8,10-12H2,(H,24,26,27). The van der Waals surface area contributed by atoms with Crippen LogP contribution < -0.4 is 16.0 Å². The molecule has 2 unspecified atom stereocenters. The average Bonchev–Trinajstić information content (AvgIpc) is 3.37. The maximum Gasteiger partial charge on any atom is 0.255 e. The van der Waals surface area contributed by atoms with E-state index >= 15 is 0 Å². The van der Waals surface area contributed by atoms with Gasteiger partial charge < -0.3 is 15.5 Å². The smallest absolute Gasteiger partial charge is 0.255 e. The average molecular weight is 382 g/mol. The second-order valence-corrected chi connectivity index (χ2v) is 8.67. The molecule has 1 aromatic carbocycles. The Kier molecular flexibility index (Phi) is 4.25. The van der Waals surface area contributed by atoms with E-state index in [-0.39, 0.29) is 24.1 Å². The second-order valence-electron chi connectivity index (χ2n) is 8.67. The lowest BCUT2D eigenvalue weighted by atomic mass is 9.98. The normalized spacial score (nSPS) is 28.4. The van der Waals surface area contributed by atoms with Crippen LogP contribution >= 0.6 is 0 Å². The van der Waals surface area contributed by atoms with E-state index in [1.165, 1.54) is 25.7 Å². The summed E-state index contributed by atoms with van der Waals surface area (Å²) in [7, 11) is 0. The quantitative estimate of drug-likeness (QED) is 0.671. The SMILES string of the molecule is O=C1CCC(N2Cc3ccc(CNC4CCC5(CC5)NC4)cc3C2=O)C(=O)N1. The monoisotopic (exact) mass is 382 g/mol. The number of benzene rings is 1. The lowest BCUT2D eigenvalue weighted by molar-refractivity contribution is -0.136. The molecule has 3 heterocycles. The fraction of sp³-hybridized carbons (Fsp3) is 0.571. The summed E-state index contributed by atoms with van der Waals surface area (Å²) in [5.74, 6) is -0.734. The third-order valence-corrected chi connectivity index (χ3v) is 6.74. The van der Waals surface area contributed by atoms with Gasteiger partial charge in [0.05, 0.1) is 0 Å². The molecule has 3 amide bonds. The van der Waals surface area contributed by atoms with Gasteiger partial charge in [-0.3, -0.25) is 19.7 Å². The number of hydrogen-bond acceptors (Lipinski definition) is 5. The first-order chi connectivity index (χ1) is 13.5. The zero-order valence-corrected chi connectivity index (χ0v) is 15.9. The highest BCUT2D eigenvalue weighted by atomic mass is 16.2. The minimum atomic E-state index is -0.553. The zero-order chi connectivity index (χ0) is 19.3. The summed E-state index contributed by atoms with van der Waals surface area (Å²) >= 11 is 0. The van der Waals surface area contributed by atoms with Gasteiger partial charge in [-0.2, -0.15) is 0 Å². The lowest BCUT2D eigenvalue weighted by Gasteiger charge is -2.30. The number of carbonyl (C=O) groups excluding carboxylic acids is 3. The Labute approximate surface area is 164 Å². The molecule has 1 aromatic rings. The van der Waals surface area contributed by atoms with E-state index in [2.05, 4.69) is 22.0 Å². The molecule has 0 bridgehead atoms. The summed E-state index contributed by atoms with van der Waals surface area (Å²) in [5.41, 5.74) is 3.18. The highest BCUT2D eigenvalue weighted by Crippen LogP contribution is 2.41. The van der Waals surface area contributed by atoms with Gasteiger partial charge in [-0.05, 0) is 49.3 Å². The summed E-state index contributed by atoms with van der Waals surface area (Å²) in [6.45, 7) is 2.17. The van der Waals surface area contributed by atoms with Gasteiger partial charge in [0.15, 0.2) is 0 Å². The van der Waals surface area contributed by atoms with Gasteiger partial charge in [0.25, 0.3) is 5.91 Å². The van der Waals surface area contributed by atoms with Crippen molar-refractivity contribution in [2.75, 3.05) is 6.54 Å². The number of piperidine rings is 2. The van der Waals surface area contributed by atoms with E-state index in [4.69, 9.17) is 0 Å². The van der Waals surface area contributed by atoms with Gasteiger partial charge in [-0.1, -0.05) is 12.1 Å². The fourth-order valence-corrected chi connectivity index (χ4v) is 4.71. The van der Waals surface area contributed by atoms with Crippen molar-refractivity contribution in [1.29, 1.82) is 0 Å². The Morgan fingerprint density at radius 3 is 2.71 bits per heavy atom. The van der Waals surface area contributed by atoms with E-state index in [1.54, 1.807) is 4.90 Å². The van der Waals surface area contributed by atoms with E-state index in [0.29, 0.717) is 30.1 Å². The predicted molar refractivity (Wildman–Crippen MR) is 102 cm³/mol. The highest BCUT2D eigenvalue weighted by molar-refractivity contribution is 6.05. The third kappa shape index (κ3) is 3.22. The Morgan fingerprint density at radius 2 is 2.00 bits per heavy atom. The molecule has 148 valence electrons. The van der Waals surface area contributed by atoms with Crippen LogP contribution in [0.15, 0.2) is 18.2 Å². The molecule has 1 aliphatic carbocycles. The molecule has 3 aliphatic heterocycles. The number of fused-ring (bicyclic) bond motifs is 1. The molecular weight excluding hydrogens is 356 g/mol. The van der Waals surface area contributed by atoms with Crippen molar-refractivity contribution >= 4 is 17.7 Å². The van der Waals surface area contributed by atoms with Crippen LogP contribution in [0, 0.1) is 0 Å². The van der Waals surface area contributed by atoms with Gasteiger partial charge in [-0.25, -0.2) is 0 Å². The molecule has 7 heteroatoms. The van der Waals surface area contributed by atoms with Crippen molar-refractivity contribution in [3.63, 3.8) is 0 Å². The van der Waals surface area contributed by atoms with Crippen LogP contribution in [0.4, 0.5) is 0 Å². The topological polar surface area (TPSA) is 90.5 Å². The van der Waals surface area contributed by atoms with E-state index in [1.807, 2.05) is 12.1 Å². The van der Waals surface area contributed by atoms with Crippen LogP contribution in [0.25, 0.3) is 0 Å². The minimum absolute atomic E-state index is 0.110. The van der Waals surface area contributed by atoms with Gasteiger partial charge >= 0.3 is 0 Å². The van der Waals surface area contributed by atoms with Gasteiger partial charge in [0, 0.05) is 43.2 Å². The van der Waals surface area contributed by atoms with Crippen molar-refractivity contribution in [2.24, 2.45) is 0 Å². The largest absolute Gasteiger partial charge is 0.322 e. The van der Waals surface area contributed by atoms with E-state index in [0.717, 1.165) is 24.2 Å². The van der Waals surface area contributed by atoms with Gasteiger partial charge in [0.1, 0.15) is 6.04 Å². The Hall–Kier alpha value is -2.25. The molecule has 3 N–H and O–H groups in total. The second kappa shape index (κ2) is 6.67. The molecule has 28 heavy (non-hydrogen) atoms. The number of carbonyl (C=O) groups is 3. The van der Waals surface area contributed by atoms with E-state index in [9.17, 15) is 14.4 Å². The maximum absolute atomic E-state index is 12.9. The van der Waals surface area contributed by atoms with Crippen molar-refractivity contribution in [3.05, 3.63) is 34.9 Å². The summed E-state index contributed by atoms with van der Waals surface area (Å²) in [5, 5.41) is 9.62.